The van der Waals surface area contributed by atoms with E-state index in [9.17, 15) is 9.90 Å². The van der Waals surface area contributed by atoms with Gasteiger partial charge in [-0.2, -0.15) is 0 Å². The predicted octanol–water partition coefficient (Wildman–Crippen LogP) is 3.08. The highest BCUT2D eigenvalue weighted by atomic mass is 16.5. The number of methoxy groups -OCH3 is 2. The Hall–Kier alpha value is -2.69. The van der Waals surface area contributed by atoms with Gasteiger partial charge in [0.15, 0.2) is 11.5 Å². The number of carbonyl (C=O) groups excluding carboxylic acids is 1. The smallest absolute Gasteiger partial charge is 0.258 e. The molecule has 5 heteroatoms. The van der Waals surface area contributed by atoms with E-state index in [0.29, 0.717) is 23.6 Å². The number of carbonyl (C=O) groups is 1. The minimum atomic E-state index is -0.144. The van der Waals surface area contributed by atoms with Gasteiger partial charge < -0.3 is 19.5 Å². The Morgan fingerprint density at radius 2 is 1.68 bits per heavy atom. The molecule has 2 aromatic carbocycles. The fraction of sp³-hybridized carbons (Fsp3) is 0.235. The highest BCUT2D eigenvalue weighted by molar-refractivity contribution is 6.06. The van der Waals surface area contributed by atoms with E-state index in [4.69, 9.17) is 9.47 Å². The van der Waals surface area contributed by atoms with Crippen molar-refractivity contribution < 1.29 is 19.4 Å². The summed E-state index contributed by atoms with van der Waals surface area (Å²) in [5, 5.41) is 9.32. The van der Waals surface area contributed by atoms with Crippen LogP contribution in [0.25, 0.3) is 0 Å². The highest BCUT2D eigenvalue weighted by Gasteiger charge is 2.17. The van der Waals surface area contributed by atoms with Crippen molar-refractivity contribution in [2.24, 2.45) is 0 Å². The molecule has 5 nitrogen and oxygen atoms in total. The molecule has 0 aliphatic heterocycles. The predicted molar refractivity (Wildman–Crippen MR) is 85.0 cm³/mol. The molecule has 0 atom stereocenters. The fourth-order valence-electron chi connectivity index (χ4n) is 2.20. The topological polar surface area (TPSA) is 59.0 Å². The van der Waals surface area contributed by atoms with Crippen LogP contribution in [0.1, 0.15) is 17.3 Å². The van der Waals surface area contributed by atoms with Crippen LogP contribution in [0.3, 0.4) is 0 Å². The first-order valence-electron chi connectivity index (χ1n) is 6.93. The molecule has 0 fully saturated rings. The van der Waals surface area contributed by atoms with Crippen molar-refractivity contribution in [1.82, 2.24) is 0 Å². The second-order valence-corrected chi connectivity index (χ2v) is 4.64. The molecule has 0 bridgehead atoms. The number of amides is 1. The maximum absolute atomic E-state index is 12.6. The summed E-state index contributed by atoms with van der Waals surface area (Å²) in [6.45, 7) is 2.41. The zero-order valence-electron chi connectivity index (χ0n) is 12.9. The molecule has 0 saturated carbocycles. The van der Waals surface area contributed by atoms with Gasteiger partial charge in [0.25, 0.3) is 5.91 Å². The van der Waals surface area contributed by atoms with E-state index in [1.807, 2.05) is 13.0 Å². The number of nitrogens with zero attached hydrogens (tertiary/aromatic N) is 1. The lowest BCUT2D eigenvalue weighted by molar-refractivity contribution is 0.0988. The average Bonchev–Trinajstić information content (AvgIpc) is 2.55. The van der Waals surface area contributed by atoms with Gasteiger partial charge in [-0.3, -0.25) is 4.79 Å². The molecule has 0 saturated heterocycles. The van der Waals surface area contributed by atoms with Crippen LogP contribution in [0.4, 0.5) is 5.69 Å². The van der Waals surface area contributed by atoms with Gasteiger partial charge in [0, 0.05) is 23.9 Å². The fourth-order valence-corrected chi connectivity index (χ4v) is 2.20. The second kappa shape index (κ2) is 6.85. The molecule has 1 amide bonds. The first-order chi connectivity index (χ1) is 10.6. The van der Waals surface area contributed by atoms with Crippen molar-refractivity contribution in [2.75, 3.05) is 25.7 Å². The second-order valence-electron chi connectivity index (χ2n) is 4.64. The Balaban J connectivity index is 2.35. The molecule has 2 aromatic rings. The standard InChI is InChI=1S/C17H19NO4/c1-4-18(17(20)12-5-8-14(19)9-6-12)13-7-10-15(21-2)16(11-13)22-3/h5-11,19H,4H2,1-3H3. The number of benzene rings is 2. The molecule has 0 heterocycles. The monoisotopic (exact) mass is 301 g/mol. The number of ether oxygens (including phenoxy) is 2. The number of rotatable bonds is 5. The Morgan fingerprint density at radius 3 is 2.23 bits per heavy atom. The largest absolute Gasteiger partial charge is 0.508 e. The SMILES string of the molecule is CCN(C(=O)c1ccc(O)cc1)c1ccc(OC)c(OC)c1. The lowest BCUT2D eigenvalue weighted by Gasteiger charge is -2.22. The van der Waals surface area contributed by atoms with Crippen molar-refractivity contribution in [3.8, 4) is 17.2 Å². The van der Waals surface area contributed by atoms with Crippen LogP contribution >= 0.6 is 0 Å². The number of aromatic hydroxyl groups is 1. The van der Waals surface area contributed by atoms with Crippen LogP contribution < -0.4 is 14.4 Å². The van der Waals surface area contributed by atoms with Gasteiger partial charge in [0.1, 0.15) is 5.75 Å². The minimum Gasteiger partial charge on any atom is -0.508 e. The van der Waals surface area contributed by atoms with Crippen LogP contribution in [0.15, 0.2) is 42.5 Å². The van der Waals surface area contributed by atoms with Crippen molar-refractivity contribution in [3.05, 3.63) is 48.0 Å². The van der Waals surface area contributed by atoms with Gasteiger partial charge in [-0.25, -0.2) is 0 Å². The van der Waals surface area contributed by atoms with E-state index in [0.717, 1.165) is 5.69 Å². The summed E-state index contributed by atoms with van der Waals surface area (Å²) in [6, 6.07) is 11.5. The van der Waals surface area contributed by atoms with Gasteiger partial charge in [-0.15, -0.1) is 0 Å². The van der Waals surface area contributed by atoms with Gasteiger partial charge in [-0.05, 0) is 43.3 Å². The number of phenols is 1. The first-order valence-corrected chi connectivity index (χ1v) is 6.93. The molecular formula is C17H19NO4. The Bertz CT molecular complexity index is 652. The van der Waals surface area contributed by atoms with Crippen LogP contribution in [-0.4, -0.2) is 31.8 Å². The molecule has 22 heavy (non-hydrogen) atoms. The lowest BCUT2D eigenvalue weighted by Crippen LogP contribution is -2.30. The highest BCUT2D eigenvalue weighted by Crippen LogP contribution is 2.32. The Morgan fingerprint density at radius 1 is 1.05 bits per heavy atom. The summed E-state index contributed by atoms with van der Waals surface area (Å²) in [4.78, 5) is 14.2. The summed E-state index contributed by atoms with van der Waals surface area (Å²) in [7, 11) is 3.12. The van der Waals surface area contributed by atoms with Crippen LogP contribution in [-0.2, 0) is 0 Å². The van der Waals surface area contributed by atoms with E-state index in [1.165, 1.54) is 12.1 Å². The quantitative estimate of drug-likeness (QED) is 0.922. The van der Waals surface area contributed by atoms with Gasteiger partial charge >= 0.3 is 0 Å². The van der Waals surface area contributed by atoms with E-state index in [1.54, 1.807) is 43.4 Å². The third-order valence-electron chi connectivity index (χ3n) is 3.35. The zero-order valence-corrected chi connectivity index (χ0v) is 12.9. The summed E-state index contributed by atoms with van der Waals surface area (Å²) in [6.07, 6.45) is 0. The molecule has 0 radical (unpaired) electrons. The molecule has 0 aliphatic carbocycles. The molecule has 1 N–H and O–H groups in total. The van der Waals surface area contributed by atoms with E-state index < -0.39 is 0 Å². The Kier molecular flexibility index (Phi) is 4.88. The van der Waals surface area contributed by atoms with Gasteiger partial charge in [-0.1, -0.05) is 0 Å². The summed E-state index contributed by atoms with van der Waals surface area (Å²) in [5.41, 5.74) is 1.23. The maximum atomic E-state index is 12.6. The van der Waals surface area contributed by atoms with Crippen molar-refractivity contribution in [1.29, 1.82) is 0 Å². The third-order valence-corrected chi connectivity index (χ3v) is 3.35. The first kappa shape index (κ1) is 15.7. The molecule has 0 aromatic heterocycles. The van der Waals surface area contributed by atoms with Crippen LogP contribution in [0.2, 0.25) is 0 Å². The van der Waals surface area contributed by atoms with Crippen molar-refractivity contribution in [3.63, 3.8) is 0 Å². The Labute approximate surface area is 129 Å². The molecule has 0 spiro atoms. The third kappa shape index (κ3) is 3.14. The van der Waals surface area contributed by atoms with E-state index in [-0.39, 0.29) is 11.7 Å². The van der Waals surface area contributed by atoms with E-state index >= 15 is 0 Å². The maximum Gasteiger partial charge on any atom is 0.258 e. The number of anilines is 1. The van der Waals surface area contributed by atoms with Crippen LogP contribution in [0.5, 0.6) is 17.2 Å². The zero-order chi connectivity index (χ0) is 16.1. The van der Waals surface area contributed by atoms with Crippen molar-refractivity contribution >= 4 is 11.6 Å². The molecule has 0 unspecified atom stereocenters. The molecular weight excluding hydrogens is 282 g/mol. The molecule has 116 valence electrons. The van der Waals surface area contributed by atoms with Gasteiger partial charge in [0.05, 0.1) is 14.2 Å². The van der Waals surface area contributed by atoms with Crippen molar-refractivity contribution in [2.45, 2.75) is 6.92 Å². The number of phenolic OH excluding ortho intramolecular Hbond substituents is 1. The van der Waals surface area contributed by atoms with E-state index in [2.05, 4.69) is 0 Å². The molecule has 2 rings (SSSR count). The minimum absolute atomic E-state index is 0.130. The average molecular weight is 301 g/mol. The summed E-state index contributed by atoms with van der Waals surface area (Å²) >= 11 is 0. The van der Waals surface area contributed by atoms with Gasteiger partial charge in [0.2, 0.25) is 0 Å². The number of hydrogen-bond acceptors (Lipinski definition) is 4. The van der Waals surface area contributed by atoms with Crippen LogP contribution in [0, 0.1) is 0 Å². The lowest BCUT2D eigenvalue weighted by atomic mass is 10.1. The number of hydrogen-bond donors (Lipinski definition) is 1. The summed E-state index contributed by atoms with van der Waals surface area (Å²) < 4.78 is 10.5. The summed E-state index contributed by atoms with van der Waals surface area (Å²) in [5.74, 6) is 1.16. The molecule has 0 aliphatic rings. The normalized spacial score (nSPS) is 10.1.